The second-order valence-corrected chi connectivity index (χ2v) is 11.4. The minimum Gasteiger partial charge on any atom is -0.465 e. The van der Waals surface area contributed by atoms with Crippen molar-refractivity contribution in [2.75, 3.05) is 7.11 Å². The first-order valence-corrected chi connectivity index (χ1v) is 13.2. The number of rotatable bonds is 6. The maximum atomic E-state index is 14.6. The molecule has 4 rings (SSSR count). The van der Waals surface area contributed by atoms with Crippen LogP contribution in [0.15, 0.2) is 35.4 Å². The average Bonchev–Trinajstić information content (AvgIpc) is 3.44. The van der Waals surface area contributed by atoms with Crippen LogP contribution in [-0.2, 0) is 14.8 Å². The molecule has 0 spiro atoms. The first-order chi connectivity index (χ1) is 17.2. The van der Waals surface area contributed by atoms with Gasteiger partial charge in [0, 0.05) is 17.6 Å². The number of ether oxygens (including phenoxy) is 1. The summed E-state index contributed by atoms with van der Waals surface area (Å²) in [5.41, 5.74) is -1.07. The van der Waals surface area contributed by atoms with Gasteiger partial charge in [-0.1, -0.05) is 12.8 Å². The fourth-order valence-electron chi connectivity index (χ4n) is 4.67. The summed E-state index contributed by atoms with van der Waals surface area (Å²) in [6.07, 6.45) is -0.328. The van der Waals surface area contributed by atoms with Crippen molar-refractivity contribution in [2.24, 2.45) is 0 Å². The number of nitrogens with one attached hydrogen (secondary N) is 1. The first-order valence-electron chi connectivity index (χ1n) is 11.7. The van der Waals surface area contributed by atoms with Gasteiger partial charge >= 0.3 is 12.1 Å². The molecule has 0 bridgehead atoms. The highest BCUT2D eigenvalue weighted by Gasteiger charge is 2.49. The number of fused-ring (bicyclic) bond motifs is 1. The van der Waals surface area contributed by atoms with Gasteiger partial charge < -0.3 is 9.30 Å². The van der Waals surface area contributed by atoms with E-state index in [2.05, 4.69) is 4.98 Å². The molecule has 0 aliphatic heterocycles. The van der Waals surface area contributed by atoms with Crippen LogP contribution in [0.4, 0.5) is 17.6 Å². The summed E-state index contributed by atoms with van der Waals surface area (Å²) in [6, 6.07) is 5.36. The van der Waals surface area contributed by atoms with E-state index in [9.17, 15) is 30.8 Å². The van der Waals surface area contributed by atoms with Crippen molar-refractivity contribution in [2.45, 2.75) is 69.1 Å². The molecule has 200 valence electrons. The Kier molecular flexibility index (Phi) is 6.87. The van der Waals surface area contributed by atoms with E-state index in [1.54, 1.807) is 17.7 Å². The van der Waals surface area contributed by atoms with Crippen molar-refractivity contribution in [3.63, 3.8) is 0 Å². The minimum atomic E-state index is -4.82. The van der Waals surface area contributed by atoms with Crippen molar-refractivity contribution in [1.82, 2.24) is 14.3 Å². The van der Waals surface area contributed by atoms with Crippen LogP contribution in [0.1, 0.15) is 61.5 Å². The zero-order valence-corrected chi connectivity index (χ0v) is 21.6. The zero-order chi connectivity index (χ0) is 27.3. The van der Waals surface area contributed by atoms with Gasteiger partial charge in [0.2, 0.25) is 10.0 Å². The number of esters is 1. The number of pyridine rings is 1. The smallest absolute Gasteiger partial charge is 0.407 e. The van der Waals surface area contributed by atoms with Crippen LogP contribution in [0, 0.1) is 12.7 Å². The van der Waals surface area contributed by atoms with Crippen molar-refractivity contribution in [1.29, 1.82) is 0 Å². The van der Waals surface area contributed by atoms with Crippen LogP contribution in [0.2, 0.25) is 0 Å². The van der Waals surface area contributed by atoms with E-state index in [0.717, 1.165) is 51.8 Å². The quantitative estimate of drug-likeness (QED) is 0.321. The number of carbonyl (C=O) groups excluding carboxylic acids is 1. The number of benzene rings is 1. The van der Waals surface area contributed by atoms with E-state index in [-0.39, 0.29) is 17.3 Å². The third kappa shape index (κ3) is 4.84. The molecule has 12 heteroatoms. The van der Waals surface area contributed by atoms with Gasteiger partial charge in [-0.25, -0.2) is 17.6 Å². The van der Waals surface area contributed by atoms with Crippen molar-refractivity contribution in [3.8, 4) is 11.4 Å². The summed E-state index contributed by atoms with van der Waals surface area (Å²) in [6.45, 7) is 3.05. The Morgan fingerprint density at radius 1 is 1.16 bits per heavy atom. The molecule has 2 aromatic heterocycles. The van der Waals surface area contributed by atoms with E-state index in [1.165, 1.54) is 19.2 Å². The van der Waals surface area contributed by atoms with Crippen LogP contribution in [0.3, 0.4) is 0 Å². The summed E-state index contributed by atoms with van der Waals surface area (Å²) in [5.74, 6) is -1.22. The number of methoxy groups -OCH3 is 1. The Hall–Kier alpha value is -2.99. The van der Waals surface area contributed by atoms with E-state index < -0.39 is 38.4 Å². The normalized spacial score (nSPS) is 15.5. The molecule has 1 aliphatic rings. The highest BCUT2D eigenvalue weighted by atomic mass is 32.2. The fraction of sp³-hybridized carbons (Fsp3) is 0.440. The number of alkyl halides is 3. The molecular weight excluding hydrogens is 514 g/mol. The van der Waals surface area contributed by atoms with Crippen molar-refractivity contribution < 1.29 is 35.5 Å². The molecule has 0 saturated heterocycles. The van der Waals surface area contributed by atoms with Gasteiger partial charge in [-0.2, -0.15) is 17.9 Å². The number of halogens is 4. The second-order valence-electron chi connectivity index (χ2n) is 9.75. The van der Waals surface area contributed by atoms with Gasteiger partial charge in [-0.3, -0.25) is 4.98 Å². The highest BCUT2D eigenvalue weighted by Crippen LogP contribution is 2.42. The third-order valence-corrected chi connectivity index (χ3v) is 8.39. The molecule has 7 nitrogen and oxygen atoms in total. The average molecular weight is 542 g/mol. The summed E-state index contributed by atoms with van der Waals surface area (Å²) < 4.78 is 88.3. The topological polar surface area (TPSA) is 90.3 Å². The molecule has 1 N–H and O–H groups in total. The maximum Gasteiger partial charge on any atom is 0.407 e. The number of carbonyl (C=O) groups is 1. The molecule has 1 aliphatic carbocycles. The predicted molar refractivity (Wildman–Crippen MR) is 129 cm³/mol. The number of aromatic nitrogens is 2. The SMILES string of the molecule is COC(=O)c1c(-c2ccc(S(=O)(=O)NC(C)(C)C(F)(F)F)cn2)n(C2CCCC2)c2cc(C)c(F)cc12. The molecule has 0 radical (unpaired) electrons. The Morgan fingerprint density at radius 3 is 2.35 bits per heavy atom. The van der Waals surface area contributed by atoms with Gasteiger partial charge in [0.25, 0.3) is 0 Å². The van der Waals surface area contributed by atoms with Crippen LogP contribution in [0.25, 0.3) is 22.3 Å². The van der Waals surface area contributed by atoms with E-state index in [4.69, 9.17) is 4.74 Å². The Balaban J connectivity index is 1.90. The lowest BCUT2D eigenvalue weighted by Crippen LogP contribution is -2.54. The van der Waals surface area contributed by atoms with E-state index in [1.807, 2.05) is 4.57 Å². The number of hydrogen-bond acceptors (Lipinski definition) is 5. The second kappa shape index (κ2) is 9.39. The van der Waals surface area contributed by atoms with Crippen molar-refractivity contribution in [3.05, 3.63) is 47.4 Å². The summed E-state index contributed by atoms with van der Waals surface area (Å²) >= 11 is 0. The molecule has 3 aromatic rings. The number of hydrogen-bond donors (Lipinski definition) is 1. The van der Waals surface area contributed by atoms with Gasteiger partial charge in [0.1, 0.15) is 16.3 Å². The van der Waals surface area contributed by atoms with Crippen LogP contribution >= 0.6 is 0 Å². The van der Waals surface area contributed by atoms with Crippen LogP contribution < -0.4 is 4.72 Å². The van der Waals surface area contributed by atoms with Gasteiger partial charge in [0.15, 0.2) is 0 Å². The predicted octanol–water partition coefficient (Wildman–Crippen LogP) is 5.67. The van der Waals surface area contributed by atoms with Crippen LogP contribution in [0.5, 0.6) is 0 Å². The van der Waals surface area contributed by atoms with Crippen molar-refractivity contribution >= 4 is 26.9 Å². The number of sulfonamides is 1. The first kappa shape index (κ1) is 27.1. The van der Waals surface area contributed by atoms with Gasteiger partial charge in [-0.15, -0.1) is 0 Å². The van der Waals surface area contributed by atoms with Crippen LogP contribution in [-0.4, -0.2) is 42.8 Å². The fourth-order valence-corrected chi connectivity index (χ4v) is 6.01. The largest absolute Gasteiger partial charge is 0.465 e. The summed E-state index contributed by atoms with van der Waals surface area (Å²) in [7, 11) is -3.37. The molecule has 1 aromatic carbocycles. The molecular formula is C25H27F4N3O4S. The monoisotopic (exact) mass is 541 g/mol. The molecule has 1 saturated carbocycles. The lowest BCUT2D eigenvalue weighted by molar-refractivity contribution is -0.180. The van der Waals surface area contributed by atoms with E-state index >= 15 is 0 Å². The summed E-state index contributed by atoms with van der Waals surface area (Å²) in [5, 5.41) is 0.337. The Bertz CT molecular complexity index is 1460. The minimum absolute atomic E-state index is 0.0137. The Labute approximate surface area is 211 Å². The summed E-state index contributed by atoms with van der Waals surface area (Å²) in [4.78, 5) is 16.7. The molecule has 1 fully saturated rings. The third-order valence-electron chi connectivity index (χ3n) is 6.75. The molecule has 37 heavy (non-hydrogen) atoms. The molecule has 2 heterocycles. The molecule has 0 unspecified atom stereocenters. The Morgan fingerprint density at radius 2 is 1.81 bits per heavy atom. The van der Waals surface area contributed by atoms with Gasteiger partial charge in [-0.05, 0) is 63.4 Å². The zero-order valence-electron chi connectivity index (χ0n) is 20.7. The number of nitrogens with zero attached hydrogens (tertiary/aromatic N) is 2. The van der Waals surface area contributed by atoms with Gasteiger partial charge in [0.05, 0.1) is 29.6 Å². The molecule has 0 atom stereocenters. The number of aryl methyl sites for hydroxylation is 1. The highest BCUT2D eigenvalue weighted by molar-refractivity contribution is 7.89. The van der Waals surface area contributed by atoms with E-state index in [0.29, 0.717) is 22.2 Å². The maximum absolute atomic E-state index is 14.6. The lowest BCUT2D eigenvalue weighted by atomic mass is 10.1. The standard InChI is InChI=1S/C25H27F4N3O4S/c1-14-11-20-17(12-18(14)26)21(23(33)36-4)22(32(20)15-7-5-6-8-15)19-10-9-16(13-30-19)37(34,35)31-24(2,3)25(27,28)29/h9-13,15,31H,5-8H2,1-4H3. The molecule has 0 amide bonds. The lowest BCUT2D eigenvalue weighted by Gasteiger charge is -2.28.